The summed E-state index contributed by atoms with van der Waals surface area (Å²) >= 11 is 8.56. The van der Waals surface area contributed by atoms with Gasteiger partial charge in [-0.15, -0.1) is 11.8 Å². The van der Waals surface area contributed by atoms with Gasteiger partial charge in [-0.25, -0.2) is 14.0 Å². The van der Waals surface area contributed by atoms with Crippen molar-refractivity contribution in [2.75, 3.05) is 30.3 Å². The van der Waals surface area contributed by atoms with Crippen LogP contribution in [0.3, 0.4) is 0 Å². The third-order valence-corrected chi connectivity index (χ3v) is 8.08. The number of carbonyl (C=O) groups is 1. The first-order chi connectivity index (χ1) is 17.5. The lowest BCUT2D eigenvalue weighted by Crippen LogP contribution is -2.55. The van der Waals surface area contributed by atoms with E-state index < -0.39 is 5.60 Å². The molecule has 0 saturated carbocycles. The van der Waals surface area contributed by atoms with Crippen LogP contribution in [0.15, 0.2) is 40.0 Å². The molecular formula is C27H30ClFN4O3S. The van der Waals surface area contributed by atoms with Gasteiger partial charge in [0.2, 0.25) is 0 Å². The molecule has 1 amide bonds. The van der Waals surface area contributed by atoms with Crippen LogP contribution in [0.1, 0.15) is 34.1 Å². The van der Waals surface area contributed by atoms with E-state index in [1.165, 1.54) is 12.1 Å². The van der Waals surface area contributed by atoms with Gasteiger partial charge < -0.3 is 14.5 Å². The first kappa shape index (κ1) is 25.9. The highest BCUT2D eigenvalue weighted by Crippen LogP contribution is 2.45. The second-order valence-corrected chi connectivity index (χ2v) is 12.0. The van der Waals surface area contributed by atoms with Crippen LogP contribution in [0.4, 0.5) is 15.0 Å². The number of amides is 1. The van der Waals surface area contributed by atoms with Gasteiger partial charge in [0.25, 0.3) is 0 Å². The number of benzene rings is 2. The third-order valence-electron chi connectivity index (χ3n) is 6.61. The molecule has 3 aromatic rings. The van der Waals surface area contributed by atoms with Crippen LogP contribution in [0, 0.1) is 5.82 Å². The Labute approximate surface area is 224 Å². The number of piperazine rings is 1. The molecule has 1 aromatic heterocycles. The van der Waals surface area contributed by atoms with E-state index in [2.05, 4.69) is 9.88 Å². The summed E-state index contributed by atoms with van der Waals surface area (Å²) in [6, 6.07) is 8.04. The van der Waals surface area contributed by atoms with Gasteiger partial charge in [0.15, 0.2) is 0 Å². The molecule has 5 rings (SSSR count). The van der Waals surface area contributed by atoms with Crippen LogP contribution in [0.25, 0.3) is 22.0 Å². The molecule has 0 aliphatic carbocycles. The summed E-state index contributed by atoms with van der Waals surface area (Å²) in [5.41, 5.74) is 1.53. The minimum atomic E-state index is -0.570. The van der Waals surface area contributed by atoms with Crippen LogP contribution in [0.5, 0.6) is 0 Å². The van der Waals surface area contributed by atoms with Gasteiger partial charge in [-0.05, 0) is 63.6 Å². The summed E-state index contributed by atoms with van der Waals surface area (Å²) in [6.45, 7) is 9.53. The molecule has 37 heavy (non-hydrogen) atoms. The van der Waals surface area contributed by atoms with E-state index in [0.717, 1.165) is 39.1 Å². The Kier molecular flexibility index (Phi) is 6.87. The monoisotopic (exact) mass is 544 g/mol. The fourth-order valence-corrected chi connectivity index (χ4v) is 6.55. The van der Waals surface area contributed by atoms with Crippen molar-refractivity contribution in [3.05, 3.63) is 51.7 Å². The Bertz CT molecular complexity index is 1420. The Morgan fingerprint density at radius 1 is 1.19 bits per heavy atom. The van der Waals surface area contributed by atoms with Crippen molar-refractivity contribution in [3.63, 3.8) is 0 Å². The normalized spacial score (nSPS) is 18.2. The predicted octanol–water partition coefficient (Wildman–Crippen LogP) is 5.80. The molecule has 2 aliphatic rings. The zero-order valence-electron chi connectivity index (χ0n) is 21.4. The van der Waals surface area contributed by atoms with Gasteiger partial charge in [-0.1, -0.05) is 23.7 Å². The number of rotatable bonds is 2. The highest BCUT2D eigenvalue weighted by Gasteiger charge is 2.33. The maximum absolute atomic E-state index is 13.7. The average Bonchev–Trinajstić information content (AvgIpc) is 3.05. The summed E-state index contributed by atoms with van der Waals surface area (Å²) in [7, 11) is 0. The molecule has 7 nitrogen and oxygen atoms in total. The topological polar surface area (TPSA) is 67.7 Å². The van der Waals surface area contributed by atoms with Crippen molar-refractivity contribution in [1.82, 2.24) is 14.5 Å². The summed E-state index contributed by atoms with van der Waals surface area (Å²) in [5, 5.41) is 1.33. The van der Waals surface area contributed by atoms with Crippen LogP contribution in [-0.4, -0.2) is 57.6 Å². The maximum atomic E-state index is 13.7. The number of hydrogen-bond acceptors (Lipinski definition) is 6. The summed E-state index contributed by atoms with van der Waals surface area (Å²) in [4.78, 5) is 35.2. The molecule has 2 aliphatic heterocycles. The fraction of sp³-hybridized carbons (Fsp3) is 0.444. The van der Waals surface area contributed by atoms with Gasteiger partial charge in [0.1, 0.15) is 17.2 Å². The molecule has 1 atom stereocenters. The van der Waals surface area contributed by atoms with Crippen LogP contribution in [-0.2, 0) is 11.3 Å². The number of aromatic nitrogens is 2. The lowest BCUT2D eigenvalue weighted by atomic mass is 10.0. The maximum Gasteiger partial charge on any atom is 0.410 e. The Hall–Kier alpha value is -2.78. The molecule has 1 fully saturated rings. The smallest absolute Gasteiger partial charge is 0.410 e. The number of aryl methyl sites for hydroxylation is 1. The van der Waals surface area contributed by atoms with E-state index in [4.69, 9.17) is 16.3 Å². The molecule has 1 saturated heterocycles. The first-order valence-corrected chi connectivity index (χ1v) is 13.8. The molecular weight excluding hydrogens is 515 g/mol. The lowest BCUT2D eigenvalue weighted by molar-refractivity contribution is 0.0218. The van der Waals surface area contributed by atoms with Gasteiger partial charge in [0.05, 0.1) is 10.5 Å². The molecule has 196 valence electrons. The van der Waals surface area contributed by atoms with Crippen molar-refractivity contribution in [1.29, 1.82) is 0 Å². The van der Waals surface area contributed by atoms with E-state index >= 15 is 0 Å². The van der Waals surface area contributed by atoms with Crippen LogP contribution in [0.2, 0.25) is 5.02 Å². The Morgan fingerprint density at radius 2 is 1.92 bits per heavy atom. The molecule has 2 aromatic carbocycles. The zero-order chi connectivity index (χ0) is 26.5. The molecule has 3 heterocycles. The molecule has 0 bridgehead atoms. The number of thioether (sulfide) groups is 1. The highest BCUT2D eigenvalue weighted by molar-refractivity contribution is 7.99. The van der Waals surface area contributed by atoms with Gasteiger partial charge in [-0.2, -0.15) is 4.98 Å². The number of ether oxygens (including phenoxy) is 1. The average molecular weight is 545 g/mol. The molecule has 1 unspecified atom stereocenters. The summed E-state index contributed by atoms with van der Waals surface area (Å²) in [5.74, 6) is 1.08. The largest absolute Gasteiger partial charge is 0.444 e. The van der Waals surface area contributed by atoms with Crippen molar-refractivity contribution < 1.29 is 13.9 Å². The number of anilines is 1. The number of halogens is 2. The van der Waals surface area contributed by atoms with E-state index in [1.54, 1.807) is 33.4 Å². The van der Waals surface area contributed by atoms with Crippen LogP contribution < -0.4 is 10.6 Å². The highest BCUT2D eigenvalue weighted by atomic mass is 35.5. The predicted molar refractivity (Wildman–Crippen MR) is 146 cm³/mol. The van der Waals surface area contributed by atoms with Crippen molar-refractivity contribution >= 4 is 46.2 Å². The molecule has 0 radical (unpaired) electrons. The molecule has 0 spiro atoms. The lowest BCUT2D eigenvalue weighted by Gasteiger charge is -2.41. The minimum Gasteiger partial charge on any atom is -0.444 e. The first-order valence-electron chi connectivity index (χ1n) is 12.4. The fourth-order valence-electron chi connectivity index (χ4n) is 4.98. The minimum absolute atomic E-state index is 0.0935. The van der Waals surface area contributed by atoms with Gasteiger partial charge >= 0.3 is 11.8 Å². The molecule has 0 N–H and O–H groups in total. The van der Waals surface area contributed by atoms with Gasteiger partial charge in [0, 0.05) is 48.1 Å². The van der Waals surface area contributed by atoms with Crippen molar-refractivity contribution in [2.45, 2.75) is 57.2 Å². The second kappa shape index (κ2) is 9.83. The number of nitrogens with zero attached hydrogens (tertiary/aromatic N) is 4. The Morgan fingerprint density at radius 3 is 2.59 bits per heavy atom. The second-order valence-electron chi connectivity index (χ2n) is 10.5. The van der Waals surface area contributed by atoms with Crippen molar-refractivity contribution in [2.24, 2.45) is 0 Å². The van der Waals surface area contributed by atoms with E-state index in [0.29, 0.717) is 37.0 Å². The molecule has 10 heteroatoms. The van der Waals surface area contributed by atoms with E-state index in [-0.39, 0.29) is 23.6 Å². The van der Waals surface area contributed by atoms with Gasteiger partial charge in [-0.3, -0.25) is 4.57 Å². The SMILES string of the molecule is CC1CN(C(=O)OC(C)(C)C)CCN1c1nc(=O)n2c3c(c(-c4ccc(F)cc4)c(Cl)cc13)SCCC2. The van der Waals surface area contributed by atoms with E-state index in [1.807, 2.05) is 33.8 Å². The number of hydrogen-bond donors (Lipinski definition) is 0. The summed E-state index contributed by atoms with van der Waals surface area (Å²) in [6.07, 6.45) is 0.477. The quantitative estimate of drug-likeness (QED) is 0.406. The Balaban J connectivity index is 1.61. The standard InChI is InChI=1S/C27H30ClFN4O3S/c1-16-15-31(26(35)36-27(2,3)4)11-12-32(16)24-19-14-20(28)21(17-6-8-18(29)9-7-17)23-22(19)33(25(34)30-24)10-5-13-37-23/h6-9,14,16H,5,10-13,15H2,1-4H3. The zero-order valence-corrected chi connectivity index (χ0v) is 23.0. The third kappa shape index (κ3) is 5.03. The number of carbonyl (C=O) groups excluding carboxylic acids is 1. The van der Waals surface area contributed by atoms with Crippen molar-refractivity contribution in [3.8, 4) is 11.1 Å². The van der Waals surface area contributed by atoms with Crippen LogP contribution >= 0.6 is 23.4 Å². The van der Waals surface area contributed by atoms with E-state index in [9.17, 15) is 14.0 Å². The summed E-state index contributed by atoms with van der Waals surface area (Å²) < 4.78 is 20.9.